The van der Waals surface area contributed by atoms with Gasteiger partial charge in [0.05, 0.1) is 12.8 Å². The molecule has 2 aromatic carbocycles. The Labute approximate surface area is 181 Å². The minimum Gasteiger partial charge on any atom is -0.495 e. The molecular weight excluding hydrogens is 398 g/mol. The number of carbonyl (C=O) groups excluding carboxylic acids is 3. The SMILES string of the molecule is COc1ccccc1N1CCN(C(=O)COC(=O)[C@H](C)NC(=O)c2ccccc2)CC1. The predicted octanol–water partition coefficient (Wildman–Crippen LogP) is 1.71. The summed E-state index contributed by atoms with van der Waals surface area (Å²) in [5.41, 5.74) is 1.44. The Morgan fingerprint density at radius 3 is 2.29 bits per heavy atom. The molecule has 0 unspecified atom stereocenters. The molecule has 0 saturated carbocycles. The van der Waals surface area contributed by atoms with Gasteiger partial charge >= 0.3 is 5.97 Å². The maximum Gasteiger partial charge on any atom is 0.328 e. The lowest BCUT2D eigenvalue weighted by atomic mass is 10.2. The third-order valence-corrected chi connectivity index (χ3v) is 5.13. The summed E-state index contributed by atoms with van der Waals surface area (Å²) in [6, 6.07) is 15.5. The van der Waals surface area contributed by atoms with Gasteiger partial charge in [0, 0.05) is 31.7 Å². The highest BCUT2D eigenvalue weighted by atomic mass is 16.5. The van der Waals surface area contributed by atoms with Crippen molar-refractivity contribution in [3.8, 4) is 5.75 Å². The van der Waals surface area contributed by atoms with E-state index in [1.54, 1.807) is 42.3 Å². The molecule has 1 aliphatic rings. The lowest BCUT2D eigenvalue weighted by molar-refractivity contribution is -0.153. The summed E-state index contributed by atoms with van der Waals surface area (Å²) in [4.78, 5) is 40.6. The van der Waals surface area contributed by atoms with Crippen LogP contribution in [0.15, 0.2) is 54.6 Å². The number of para-hydroxylation sites is 2. The summed E-state index contributed by atoms with van der Waals surface area (Å²) in [5.74, 6) is -0.480. The molecular formula is C23H27N3O5. The molecule has 1 aliphatic heterocycles. The Kier molecular flexibility index (Phi) is 7.48. The van der Waals surface area contributed by atoms with Crippen molar-refractivity contribution in [1.29, 1.82) is 0 Å². The van der Waals surface area contributed by atoms with Crippen molar-refractivity contribution in [2.24, 2.45) is 0 Å². The van der Waals surface area contributed by atoms with Gasteiger partial charge in [-0.1, -0.05) is 30.3 Å². The second-order valence-electron chi connectivity index (χ2n) is 7.21. The Bertz CT molecular complexity index is 910. The molecule has 0 bridgehead atoms. The molecule has 1 N–H and O–H groups in total. The molecule has 1 heterocycles. The zero-order valence-electron chi connectivity index (χ0n) is 17.7. The molecule has 8 heteroatoms. The van der Waals surface area contributed by atoms with E-state index >= 15 is 0 Å². The molecule has 2 aromatic rings. The number of nitrogens with zero attached hydrogens (tertiary/aromatic N) is 2. The first kappa shape index (κ1) is 22.1. The first-order chi connectivity index (χ1) is 15.0. The molecule has 0 radical (unpaired) electrons. The van der Waals surface area contributed by atoms with Crippen LogP contribution in [0.3, 0.4) is 0 Å². The van der Waals surface area contributed by atoms with E-state index in [9.17, 15) is 14.4 Å². The number of nitrogens with one attached hydrogen (secondary N) is 1. The van der Waals surface area contributed by atoms with Crippen molar-refractivity contribution < 1.29 is 23.9 Å². The van der Waals surface area contributed by atoms with Crippen LogP contribution in [0.2, 0.25) is 0 Å². The maximum atomic E-state index is 12.5. The van der Waals surface area contributed by atoms with Crippen molar-refractivity contribution in [3.63, 3.8) is 0 Å². The van der Waals surface area contributed by atoms with Crippen molar-refractivity contribution in [3.05, 3.63) is 60.2 Å². The number of benzene rings is 2. The highest BCUT2D eigenvalue weighted by Gasteiger charge is 2.25. The first-order valence-corrected chi connectivity index (χ1v) is 10.2. The summed E-state index contributed by atoms with van der Waals surface area (Å²) in [5, 5.41) is 2.58. The number of carbonyl (C=O) groups is 3. The number of ether oxygens (including phenoxy) is 2. The molecule has 31 heavy (non-hydrogen) atoms. The largest absolute Gasteiger partial charge is 0.495 e. The minimum absolute atomic E-state index is 0.255. The first-order valence-electron chi connectivity index (χ1n) is 10.2. The molecule has 1 atom stereocenters. The Morgan fingerprint density at radius 1 is 0.968 bits per heavy atom. The van der Waals surface area contributed by atoms with E-state index in [0.717, 1.165) is 11.4 Å². The topological polar surface area (TPSA) is 88.2 Å². The second kappa shape index (κ2) is 10.5. The van der Waals surface area contributed by atoms with Gasteiger partial charge in [-0.15, -0.1) is 0 Å². The van der Waals surface area contributed by atoms with Crippen molar-refractivity contribution in [1.82, 2.24) is 10.2 Å². The molecule has 1 fully saturated rings. The van der Waals surface area contributed by atoms with Gasteiger partial charge < -0.3 is 24.6 Å². The van der Waals surface area contributed by atoms with E-state index in [4.69, 9.17) is 9.47 Å². The number of hydrogen-bond acceptors (Lipinski definition) is 6. The van der Waals surface area contributed by atoms with Gasteiger partial charge in [-0.3, -0.25) is 9.59 Å². The van der Waals surface area contributed by atoms with Crippen molar-refractivity contribution >= 4 is 23.5 Å². The van der Waals surface area contributed by atoms with Gasteiger partial charge in [0.15, 0.2) is 6.61 Å². The fourth-order valence-electron chi connectivity index (χ4n) is 3.37. The summed E-state index contributed by atoms with van der Waals surface area (Å²) >= 11 is 0. The van der Waals surface area contributed by atoms with Gasteiger partial charge in [0.25, 0.3) is 11.8 Å². The Balaban J connectivity index is 1.43. The maximum absolute atomic E-state index is 12.5. The number of rotatable bonds is 7. The fraction of sp³-hybridized carbons (Fsp3) is 0.348. The number of methoxy groups -OCH3 is 1. The van der Waals surface area contributed by atoms with Gasteiger partial charge in [-0.05, 0) is 31.2 Å². The van der Waals surface area contributed by atoms with E-state index in [0.29, 0.717) is 31.7 Å². The number of hydrogen-bond donors (Lipinski definition) is 1. The minimum atomic E-state index is -0.858. The summed E-state index contributed by atoms with van der Waals surface area (Å²) in [6.45, 7) is 3.54. The lowest BCUT2D eigenvalue weighted by Crippen LogP contribution is -2.50. The molecule has 0 aromatic heterocycles. The summed E-state index contributed by atoms with van der Waals surface area (Å²) in [6.07, 6.45) is 0. The molecule has 164 valence electrons. The average Bonchev–Trinajstić information content (AvgIpc) is 2.82. The average molecular weight is 425 g/mol. The highest BCUT2D eigenvalue weighted by molar-refractivity contribution is 5.96. The van der Waals surface area contributed by atoms with Crippen LogP contribution in [0.1, 0.15) is 17.3 Å². The van der Waals surface area contributed by atoms with E-state index in [1.807, 2.05) is 24.3 Å². The third-order valence-electron chi connectivity index (χ3n) is 5.13. The van der Waals surface area contributed by atoms with Crippen LogP contribution in [0.4, 0.5) is 5.69 Å². The molecule has 0 spiro atoms. The summed E-state index contributed by atoms with van der Waals surface area (Å²) in [7, 11) is 1.64. The zero-order valence-corrected chi connectivity index (χ0v) is 17.7. The van der Waals surface area contributed by atoms with Crippen LogP contribution in [0.5, 0.6) is 5.75 Å². The predicted molar refractivity (Wildman–Crippen MR) is 116 cm³/mol. The lowest BCUT2D eigenvalue weighted by Gasteiger charge is -2.36. The van der Waals surface area contributed by atoms with Crippen LogP contribution >= 0.6 is 0 Å². The highest BCUT2D eigenvalue weighted by Crippen LogP contribution is 2.28. The Morgan fingerprint density at radius 2 is 1.61 bits per heavy atom. The van der Waals surface area contributed by atoms with Gasteiger partial charge in [0.1, 0.15) is 11.8 Å². The Hall–Kier alpha value is -3.55. The number of anilines is 1. The van der Waals surface area contributed by atoms with Gasteiger partial charge in [0.2, 0.25) is 0 Å². The molecule has 1 saturated heterocycles. The fourth-order valence-corrected chi connectivity index (χ4v) is 3.37. The molecule has 2 amide bonds. The van der Waals surface area contributed by atoms with Crippen LogP contribution in [0.25, 0.3) is 0 Å². The normalized spacial score (nSPS) is 14.5. The standard InChI is InChI=1S/C23H27N3O5/c1-17(24-22(28)18-8-4-3-5-9-18)23(29)31-16-21(27)26-14-12-25(13-15-26)19-10-6-7-11-20(19)30-2/h3-11,17H,12-16H2,1-2H3,(H,24,28)/t17-/m0/s1. The monoisotopic (exact) mass is 425 g/mol. The number of amides is 2. The quantitative estimate of drug-likeness (QED) is 0.680. The van der Waals surface area contributed by atoms with Crippen LogP contribution in [-0.2, 0) is 14.3 Å². The van der Waals surface area contributed by atoms with E-state index in [1.165, 1.54) is 6.92 Å². The number of esters is 1. The third kappa shape index (κ3) is 5.75. The van der Waals surface area contributed by atoms with Crippen molar-refractivity contribution in [2.75, 3.05) is 44.8 Å². The van der Waals surface area contributed by atoms with Crippen LogP contribution in [0, 0.1) is 0 Å². The van der Waals surface area contributed by atoms with Crippen LogP contribution in [-0.4, -0.2) is 68.6 Å². The molecule has 0 aliphatic carbocycles. The van der Waals surface area contributed by atoms with Gasteiger partial charge in [-0.25, -0.2) is 4.79 Å². The van der Waals surface area contributed by atoms with Gasteiger partial charge in [-0.2, -0.15) is 0 Å². The van der Waals surface area contributed by atoms with E-state index in [-0.39, 0.29) is 18.4 Å². The summed E-state index contributed by atoms with van der Waals surface area (Å²) < 4.78 is 10.5. The van der Waals surface area contributed by atoms with E-state index in [2.05, 4.69) is 10.2 Å². The zero-order chi connectivity index (χ0) is 22.2. The van der Waals surface area contributed by atoms with E-state index < -0.39 is 12.0 Å². The molecule has 3 rings (SSSR count). The number of piperazine rings is 1. The van der Waals surface area contributed by atoms with Crippen LogP contribution < -0.4 is 15.0 Å². The molecule has 8 nitrogen and oxygen atoms in total. The van der Waals surface area contributed by atoms with Crippen molar-refractivity contribution in [2.45, 2.75) is 13.0 Å². The second-order valence-corrected chi connectivity index (χ2v) is 7.21. The smallest absolute Gasteiger partial charge is 0.328 e.